The number of ketones is 1. The molecular weight excluding hydrogens is 380 g/mol. The SMILES string of the molecule is CC(=O)c1cccc(Nc2cc(C)nc(Nc3ccccc3Br)n2)c1. The van der Waals surface area contributed by atoms with Gasteiger partial charge in [0.1, 0.15) is 5.82 Å². The molecule has 0 unspecified atom stereocenters. The number of nitrogens with one attached hydrogen (secondary N) is 2. The Morgan fingerprint density at radius 1 is 1.00 bits per heavy atom. The second-order valence-electron chi connectivity index (χ2n) is 5.59. The summed E-state index contributed by atoms with van der Waals surface area (Å²) in [5.74, 6) is 1.18. The van der Waals surface area contributed by atoms with Crippen LogP contribution in [0.3, 0.4) is 0 Å². The van der Waals surface area contributed by atoms with Gasteiger partial charge in [0.15, 0.2) is 5.78 Å². The van der Waals surface area contributed by atoms with Crippen molar-refractivity contribution >= 4 is 44.9 Å². The number of carbonyl (C=O) groups is 1. The first-order chi connectivity index (χ1) is 12.0. The molecule has 0 bridgehead atoms. The van der Waals surface area contributed by atoms with Crippen molar-refractivity contribution in [3.05, 3.63) is 70.3 Å². The molecule has 6 heteroatoms. The number of anilines is 4. The molecule has 3 rings (SSSR count). The molecule has 0 fully saturated rings. The van der Waals surface area contributed by atoms with Crippen LogP contribution in [-0.4, -0.2) is 15.8 Å². The maximum absolute atomic E-state index is 11.5. The van der Waals surface area contributed by atoms with Crippen molar-refractivity contribution in [1.82, 2.24) is 9.97 Å². The molecule has 0 saturated carbocycles. The first-order valence-electron chi connectivity index (χ1n) is 7.76. The average molecular weight is 397 g/mol. The number of nitrogens with zero attached hydrogens (tertiary/aromatic N) is 2. The Bertz CT molecular complexity index is 927. The zero-order valence-electron chi connectivity index (χ0n) is 13.9. The molecule has 0 atom stereocenters. The molecule has 0 saturated heterocycles. The Morgan fingerprint density at radius 2 is 1.80 bits per heavy atom. The molecule has 2 aromatic carbocycles. The van der Waals surface area contributed by atoms with Gasteiger partial charge in [0.05, 0.1) is 5.69 Å². The summed E-state index contributed by atoms with van der Waals surface area (Å²) in [5, 5.41) is 6.43. The first kappa shape index (κ1) is 17.1. The van der Waals surface area contributed by atoms with Crippen LogP contribution in [0.25, 0.3) is 0 Å². The molecule has 2 N–H and O–H groups in total. The molecule has 3 aromatic rings. The first-order valence-corrected chi connectivity index (χ1v) is 8.56. The molecule has 1 heterocycles. The summed E-state index contributed by atoms with van der Waals surface area (Å²) in [6.07, 6.45) is 0. The predicted octanol–water partition coefficient (Wildman–Crippen LogP) is 5.24. The lowest BCUT2D eigenvalue weighted by Gasteiger charge is -2.11. The van der Waals surface area contributed by atoms with Crippen LogP contribution >= 0.6 is 15.9 Å². The quantitative estimate of drug-likeness (QED) is 0.577. The fraction of sp³-hybridized carbons (Fsp3) is 0.105. The summed E-state index contributed by atoms with van der Waals surface area (Å²) < 4.78 is 0.934. The van der Waals surface area contributed by atoms with Crippen molar-refractivity contribution in [3.8, 4) is 0 Å². The number of halogens is 1. The van der Waals surface area contributed by atoms with Crippen molar-refractivity contribution < 1.29 is 4.79 Å². The van der Waals surface area contributed by atoms with Crippen LogP contribution in [0, 0.1) is 6.92 Å². The van der Waals surface area contributed by atoms with E-state index >= 15 is 0 Å². The lowest BCUT2D eigenvalue weighted by Crippen LogP contribution is -2.03. The highest BCUT2D eigenvalue weighted by molar-refractivity contribution is 9.10. The smallest absolute Gasteiger partial charge is 0.229 e. The van der Waals surface area contributed by atoms with Gasteiger partial charge in [-0.15, -0.1) is 0 Å². The summed E-state index contributed by atoms with van der Waals surface area (Å²) in [6.45, 7) is 3.46. The minimum absolute atomic E-state index is 0.0267. The summed E-state index contributed by atoms with van der Waals surface area (Å²) in [6, 6.07) is 17.0. The monoisotopic (exact) mass is 396 g/mol. The lowest BCUT2D eigenvalue weighted by atomic mass is 10.1. The van der Waals surface area contributed by atoms with Crippen molar-refractivity contribution in [2.24, 2.45) is 0 Å². The molecule has 0 aliphatic heterocycles. The molecule has 126 valence electrons. The number of hydrogen-bond donors (Lipinski definition) is 2. The molecule has 0 amide bonds. The van der Waals surface area contributed by atoms with Gasteiger partial charge in [-0.25, -0.2) is 4.98 Å². The van der Waals surface area contributed by atoms with E-state index in [2.05, 4.69) is 36.5 Å². The van der Waals surface area contributed by atoms with Gasteiger partial charge < -0.3 is 10.6 Å². The van der Waals surface area contributed by atoms with E-state index < -0.39 is 0 Å². The van der Waals surface area contributed by atoms with Crippen LogP contribution in [0.2, 0.25) is 0 Å². The van der Waals surface area contributed by atoms with Crippen molar-refractivity contribution in [2.75, 3.05) is 10.6 Å². The van der Waals surface area contributed by atoms with Gasteiger partial charge in [0.25, 0.3) is 0 Å². The maximum atomic E-state index is 11.5. The zero-order chi connectivity index (χ0) is 17.8. The van der Waals surface area contributed by atoms with E-state index in [9.17, 15) is 4.79 Å². The zero-order valence-corrected chi connectivity index (χ0v) is 15.5. The highest BCUT2D eigenvalue weighted by atomic mass is 79.9. The van der Waals surface area contributed by atoms with Gasteiger partial charge >= 0.3 is 0 Å². The standard InChI is InChI=1S/C19H17BrN4O/c1-12-10-18(22-15-7-5-6-14(11-15)13(2)25)24-19(21-12)23-17-9-4-3-8-16(17)20/h3-11H,1-2H3,(H2,21,22,23,24). The number of aryl methyl sites for hydroxylation is 1. The number of hydrogen-bond acceptors (Lipinski definition) is 5. The Kier molecular flexibility index (Phi) is 5.09. The van der Waals surface area contributed by atoms with Gasteiger partial charge in [-0.05, 0) is 54.0 Å². The largest absolute Gasteiger partial charge is 0.340 e. The lowest BCUT2D eigenvalue weighted by molar-refractivity contribution is 0.101. The fourth-order valence-corrected chi connectivity index (χ4v) is 2.72. The Morgan fingerprint density at radius 3 is 2.56 bits per heavy atom. The minimum Gasteiger partial charge on any atom is -0.340 e. The third-order valence-electron chi connectivity index (χ3n) is 3.52. The number of Topliss-reactive ketones (excluding diaryl/α,β-unsaturated/α-hetero) is 1. The molecule has 0 spiro atoms. The summed E-state index contributed by atoms with van der Waals surface area (Å²) >= 11 is 3.50. The van der Waals surface area contributed by atoms with E-state index in [1.54, 1.807) is 19.1 Å². The van der Waals surface area contributed by atoms with E-state index in [4.69, 9.17) is 0 Å². The normalized spacial score (nSPS) is 10.4. The number of para-hydroxylation sites is 1. The Labute approximate surface area is 154 Å². The van der Waals surface area contributed by atoms with E-state index in [1.165, 1.54) is 0 Å². The fourth-order valence-electron chi connectivity index (χ4n) is 2.34. The second-order valence-corrected chi connectivity index (χ2v) is 6.44. The van der Waals surface area contributed by atoms with Crippen LogP contribution in [0.15, 0.2) is 59.1 Å². The van der Waals surface area contributed by atoms with Crippen molar-refractivity contribution in [2.45, 2.75) is 13.8 Å². The van der Waals surface area contributed by atoms with E-state index in [1.807, 2.05) is 49.4 Å². The molecule has 5 nitrogen and oxygen atoms in total. The molecule has 25 heavy (non-hydrogen) atoms. The van der Waals surface area contributed by atoms with Crippen LogP contribution < -0.4 is 10.6 Å². The number of aromatic nitrogens is 2. The molecule has 0 aliphatic rings. The Balaban J connectivity index is 1.86. The minimum atomic E-state index is 0.0267. The van der Waals surface area contributed by atoms with Crippen molar-refractivity contribution in [3.63, 3.8) is 0 Å². The third kappa shape index (κ3) is 4.42. The van der Waals surface area contributed by atoms with Crippen LogP contribution in [0.1, 0.15) is 23.0 Å². The number of carbonyl (C=O) groups excluding carboxylic acids is 1. The van der Waals surface area contributed by atoms with Gasteiger partial charge in [0, 0.05) is 27.5 Å². The molecule has 0 radical (unpaired) electrons. The Hall–Kier alpha value is -2.73. The van der Waals surface area contributed by atoms with E-state index in [0.717, 1.165) is 21.5 Å². The van der Waals surface area contributed by atoms with Crippen LogP contribution in [-0.2, 0) is 0 Å². The number of benzene rings is 2. The van der Waals surface area contributed by atoms with Crippen LogP contribution in [0.4, 0.5) is 23.1 Å². The topological polar surface area (TPSA) is 66.9 Å². The van der Waals surface area contributed by atoms with Gasteiger partial charge in [-0.2, -0.15) is 4.98 Å². The number of rotatable bonds is 5. The average Bonchev–Trinajstić information content (AvgIpc) is 2.57. The molecule has 1 aromatic heterocycles. The molecule has 0 aliphatic carbocycles. The van der Waals surface area contributed by atoms with Gasteiger partial charge in [0.2, 0.25) is 5.95 Å². The second kappa shape index (κ2) is 7.44. The van der Waals surface area contributed by atoms with E-state index in [0.29, 0.717) is 17.3 Å². The summed E-state index contributed by atoms with van der Waals surface area (Å²) in [4.78, 5) is 20.4. The summed E-state index contributed by atoms with van der Waals surface area (Å²) in [7, 11) is 0. The predicted molar refractivity (Wildman–Crippen MR) is 104 cm³/mol. The molecular formula is C19H17BrN4O. The maximum Gasteiger partial charge on any atom is 0.229 e. The van der Waals surface area contributed by atoms with Crippen molar-refractivity contribution in [1.29, 1.82) is 0 Å². The van der Waals surface area contributed by atoms with Gasteiger partial charge in [-0.1, -0.05) is 24.3 Å². The van der Waals surface area contributed by atoms with E-state index in [-0.39, 0.29) is 5.78 Å². The van der Waals surface area contributed by atoms with Crippen LogP contribution in [0.5, 0.6) is 0 Å². The van der Waals surface area contributed by atoms with Gasteiger partial charge in [-0.3, -0.25) is 4.79 Å². The highest BCUT2D eigenvalue weighted by Crippen LogP contribution is 2.25. The highest BCUT2D eigenvalue weighted by Gasteiger charge is 2.06. The third-order valence-corrected chi connectivity index (χ3v) is 4.21. The summed E-state index contributed by atoms with van der Waals surface area (Å²) in [5.41, 5.74) is 3.17.